The van der Waals surface area contributed by atoms with Gasteiger partial charge in [-0.05, 0) is 12.1 Å². The van der Waals surface area contributed by atoms with Crippen LogP contribution in [0.1, 0.15) is 0 Å². The van der Waals surface area contributed by atoms with E-state index in [9.17, 15) is 0 Å². The van der Waals surface area contributed by atoms with E-state index in [-0.39, 0.29) is 0 Å². The van der Waals surface area contributed by atoms with Crippen molar-refractivity contribution in [3.05, 3.63) is 18.2 Å². The molecule has 0 atom stereocenters. The molecule has 0 saturated carbocycles. The number of hydrogen-bond donors (Lipinski definition) is 2. The van der Waals surface area contributed by atoms with Crippen LogP contribution in [-0.2, 0) is 0 Å². The Morgan fingerprint density at radius 1 is 1.50 bits per heavy atom. The van der Waals surface area contributed by atoms with Crippen molar-refractivity contribution in [2.45, 2.75) is 0 Å². The SMILES string of the molecule is COc1nc2c(N)cccc2[nH]1. The number of ether oxygens (including phenoxy) is 1. The Kier molecular flexibility index (Phi) is 1.40. The Balaban J connectivity index is 2.74. The van der Waals surface area contributed by atoms with Gasteiger partial charge in [0.15, 0.2) is 0 Å². The second-order valence-electron chi connectivity index (χ2n) is 2.49. The van der Waals surface area contributed by atoms with E-state index in [4.69, 9.17) is 10.5 Å². The van der Waals surface area contributed by atoms with Crippen LogP contribution in [0, 0.1) is 0 Å². The number of hydrogen-bond acceptors (Lipinski definition) is 3. The minimum Gasteiger partial charge on any atom is -0.468 e. The highest BCUT2D eigenvalue weighted by molar-refractivity contribution is 5.87. The van der Waals surface area contributed by atoms with Gasteiger partial charge in [0.2, 0.25) is 0 Å². The second-order valence-corrected chi connectivity index (χ2v) is 2.49. The lowest BCUT2D eigenvalue weighted by Crippen LogP contribution is -1.85. The summed E-state index contributed by atoms with van der Waals surface area (Å²) in [5.74, 6) is 0. The summed E-state index contributed by atoms with van der Waals surface area (Å²) in [5.41, 5.74) is 8.00. The van der Waals surface area contributed by atoms with E-state index in [0.717, 1.165) is 11.0 Å². The summed E-state index contributed by atoms with van der Waals surface area (Å²) in [4.78, 5) is 7.10. The molecular weight excluding hydrogens is 154 g/mol. The molecular formula is C8H9N3O. The van der Waals surface area contributed by atoms with Gasteiger partial charge in [-0.1, -0.05) is 6.07 Å². The Hall–Kier alpha value is -1.71. The van der Waals surface area contributed by atoms with Crippen molar-refractivity contribution < 1.29 is 4.74 Å². The maximum absolute atomic E-state index is 5.69. The predicted octanol–water partition coefficient (Wildman–Crippen LogP) is 1.15. The quantitative estimate of drug-likeness (QED) is 0.620. The molecule has 0 saturated heterocycles. The van der Waals surface area contributed by atoms with Crippen molar-refractivity contribution in [1.82, 2.24) is 9.97 Å². The molecule has 0 amide bonds. The average molecular weight is 163 g/mol. The first-order valence-corrected chi connectivity index (χ1v) is 3.59. The number of nitrogens with zero attached hydrogens (tertiary/aromatic N) is 1. The van der Waals surface area contributed by atoms with E-state index in [1.165, 1.54) is 0 Å². The van der Waals surface area contributed by atoms with Crippen molar-refractivity contribution >= 4 is 16.7 Å². The van der Waals surface area contributed by atoms with Crippen molar-refractivity contribution in [3.63, 3.8) is 0 Å². The van der Waals surface area contributed by atoms with Crippen LogP contribution < -0.4 is 10.5 Å². The zero-order chi connectivity index (χ0) is 8.55. The molecule has 0 aliphatic rings. The van der Waals surface area contributed by atoms with Gasteiger partial charge in [0, 0.05) is 0 Å². The summed E-state index contributed by atoms with van der Waals surface area (Å²) in [5, 5.41) is 0. The summed E-state index contributed by atoms with van der Waals surface area (Å²) in [6, 6.07) is 6.07. The molecule has 12 heavy (non-hydrogen) atoms. The highest BCUT2D eigenvalue weighted by Gasteiger charge is 2.03. The number of nitrogens with one attached hydrogen (secondary N) is 1. The van der Waals surface area contributed by atoms with E-state index in [0.29, 0.717) is 11.7 Å². The molecule has 1 aromatic carbocycles. The first kappa shape index (κ1) is 6.97. The van der Waals surface area contributed by atoms with Crippen molar-refractivity contribution in [1.29, 1.82) is 0 Å². The number of para-hydroxylation sites is 1. The molecule has 3 N–H and O–H groups in total. The lowest BCUT2D eigenvalue weighted by molar-refractivity contribution is 0.386. The average Bonchev–Trinajstić information content (AvgIpc) is 2.49. The lowest BCUT2D eigenvalue weighted by atomic mass is 10.3. The zero-order valence-electron chi connectivity index (χ0n) is 6.66. The number of anilines is 1. The summed E-state index contributed by atoms with van der Waals surface area (Å²) >= 11 is 0. The van der Waals surface area contributed by atoms with Gasteiger partial charge in [-0.3, -0.25) is 0 Å². The lowest BCUT2D eigenvalue weighted by Gasteiger charge is -1.90. The molecule has 0 aliphatic heterocycles. The van der Waals surface area contributed by atoms with Crippen LogP contribution in [0.5, 0.6) is 6.01 Å². The number of H-pyrrole nitrogens is 1. The third-order valence-corrected chi connectivity index (χ3v) is 1.72. The summed E-state index contributed by atoms with van der Waals surface area (Å²) in [6.45, 7) is 0. The Morgan fingerprint density at radius 3 is 3.00 bits per heavy atom. The van der Waals surface area contributed by atoms with Gasteiger partial charge in [0.1, 0.15) is 5.52 Å². The van der Waals surface area contributed by atoms with E-state index in [1.54, 1.807) is 7.11 Å². The highest BCUT2D eigenvalue weighted by Crippen LogP contribution is 2.20. The molecule has 62 valence electrons. The summed E-state index contributed by atoms with van der Waals surface area (Å²) in [6.07, 6.45) is 0. The van der Waals surface area contributed by atoms with Gasteiger partial charge in [0.05, 0.1) is 18.3 Å². The van der Waals surface area contributed by atoms with E-state index < -0.39 is 0 Å². The van der Waals surface area contributed by atoms with Gasteiger partial charge in [-0.2, -0.15) is 4.98 Å². The topological polar surface area (TPSA) is 63.9 Å². The monoisotopic (exact) mass is 163 g/mol. The Labute approximate surface area is 69.4 Å². The maximum atomic E-state index is 5.69. The molecule has 0 aliphatic carbocycles. The van der Waals surface area contributed by atoms with Crippen molar-refractivity contribution in [2.75, 3.05) is 12.8 Å². The number of aromatic amines is 1. The van der Waals surface area contributed by atoms with Crippen LogP contribution in [-0.4, -0.2) is 17.1 Å². The third kappa shape index (κ3) is 0.887. The first-order chi connectivity index (χ1) is 5.81. The van der Waals surface area contributed by atoms with Gasteiger partial charge < -0.3 is 15.5 Å². The fourth-order valence-electron chi connectivity index (χ4n) is 1.13. The molecule has 4 heteroatoms. The van der Waals surface area contributed by atoms with Gasteiger partial charge >= 0.3 is 0 Å². The zero-order valence-corrected chi connectivity index (χ0v) is 6.66. The smallest absolute Gasteiger partial charge is 0.294 e. The molecule has 2 rings (SSSR count). The van der Waals surface area contributed by atoms with E-state index >= 15 is 0 Å². The minimum atomic E-state index is 0.489. The fourth-order valence-corrected chi connectivity index (χ4v) is 1.13. The summed E-state index contributed by atoms with van der Waals surface area (Å²) < 4.78 is 4.93. The number of imidazole rings is 1. The standard InChI is InChI=1S/C8H9N3O/c1-12-8-10-6-4-2-3-5(9)7(6)11-8/h2-4H,9H2,1H3,(H,10,11). The molecule has 4 nitrogen and oxygen atoms in total. The number of aromatic nitrogens is 2. The largest absolute Gasteiger partial charge is 0.468 e. The second kappa shape index (κ2) is 2.41. The Morgan fingerprint density at radius 2 is 2.33 bits per heavy atom. The van der Waals surface area contributed by atoms with E-state index in [1.807, 2.05) is 18.2 Å². The number of methoxy groups -OCH3 is 1. The number of rotatable bonds is 1. The highest BCUT2D eigenvalue weighted by atomic mass is 16.5. The van der Waals surface area contributed by atoms with Crippen LogP contribution in [0.15, 0.2) is 18.2 Å². The molecule has 0 spiro atoms. The van der Waals surface area contributed by atoms with Crippen LogP contribution in [0.25, 0.3) is 11.0 Å². The molecule has 0 unspecified atom stereocenters. The molecule has 0 radical (unpaired) electrons. The number of fused-ring (bicyclic) bond motifs is 1. The van der Waals surface area contributed by atoms with Gasteiger partial charge in [-0.15, -0.1) is 0 Å². The molecule has 0 bridgehead atoms. The van der Waals surface area contributed by atoms with Crippen molar-refractivity contribution in [3.8, 4) is 6.01 Å². The first-order valence-electron chi connectivity index (χ1n) is 3.59. The third-order valence-electron chi connectivity index (χ3n) is 1.72. The molecule has 1 aromatic heterocycles. The maximum Gasteiger partial charge on any atom is 0.294 e. The molecule has 1 heterocycles. The normalized spacial score (nSPS) is 10.4. The summed E-state index contributed by atoms with van der Waals surface area (Å²) in [7, 11) is 1.56. The van der Waals surface area contributed by atoms with E-state index in [2.05, 4.69) is 9.97 Å². The van der Waals surface area contributed by atoms with Gasteiger partial charge in [0.25, 0.3) is 6.01 Å². The predicted molar refractivity (Wildman–Crippen MR) is 47.1 cm³/mol. The van der Waals surface area contributed by atoms with Crippen LogP contribution >= 0.6 is 0 Å². The molecule has 0 fully saturated rings. The number of nitrogens with two attached hydrogens (primary N) is 1. The van der Waals surface area contributed by atoms with Gasteiger partial charge in [-0.25, -0.2) is 0 Å². The van der Waals surface area contributed by atoms with Crippen LogP contribution in [0.3, 0.4) is 0 Å². The Bertz CT molecular complexity index is 408. The van der Waals surface area contributed by atoms with Crippen LogP contribution in [0.4, 0.5) is 5.69 Å². The van der Waals surface area contributed by atoms with Crippen molar-refractivity contribution in [2.24, 2.45) is 0 Å². The van der Waals surface area contributed by atoms with Crippen LogP contribution in [0.2, 0.25) is 0 Å². The fraction of sp³-hybridized carbons (Fsp3) is 0.125. The minimum absolute atomic E-state index is 0.489. The number of nitrogen functional groups attached to an aromatic ring is 1. The molecule has 2 aromatic rings. The number of benzene rings is 1.